The fourth-order valence-corrected chi connectivity index (χ4v) is 2.89. The number of benzene rings is 2. The SMILES string of the molecule is CNC(=O)c1cc2ccccc2c(/N=N/c2c(C#N)cnn2-c2ncccn2)c1O. The molecule has 146 valence electrons. The molecular weight excluding hydrogens is 384 g/mol. The molecule has 30 heavy (non-hydrogen) atoms. The number of fused-ring (bicyclic) bond motifs is 1. The molecule has 2 N–H and O–H groups in total. The Morgan fingerprint density at radius 3 is 2.70 bits per heavy atom. The van der Waals surface area contributed by atoms with Gasteiger partial charge in [0.1, 0.15) is 17.3 Å². The van der Waals surface area contributed by atoms with Crippen molar-refractivity contribution in [2.45, 2.75) is 0 Å². The highest BCUT2D eigenvalue weighted by molar-refractivity contribution is 6.06. The number of hydrogen-bond acceptors (Lipinski definition) is 8. The number of carbonyl (C=O) groups excluding carboxylic acids is 1. The lowest BCUT2D eigenvalue weighted by Crippen LogP contribution is -2.17. The van der Waals surface area contributed by atoms with Gasteiger partial charge >= 0.3 is 0 Å². The first-order valence-corrected chi connectivity index (χ1v) is 8.78. The van der Waals surface area contributed by atoms with Crippen LogP contribution < -0.4 is 5.32 Å². The molecule has 0 bridgehead atoms. The Hall–Kier alpha value is -4.65. The number of nitrogens with one attached hydrogen (secondary N) is 1. The van der Waals surface area contributed by atoms with Crippen LogP contribution in [-0.4, -0.2) is 37.8 Å². The molecule has 10 heteroatoms. The molecule has 0 aliphatic carbocycles. The summed E-state index contributed by atoms with van der Waals surface area (Å²) in [6, 6.07) is 12.3. The van der Waals surface area contributed by atoms with Crippen molar-refractivity contribution in [2.75, 3.05) is 7.05 Å². The predicted octanol–water partition coefficient (Wildman–Crippen LogP) is 3.17. The number of aromatic nitrogens is 4. The number of aromatic hydroxyl groups is 1. The summed E-state index contributed by atoms with van der Waals surface area (Å²) in [5.74, 6) is -0.480. The van der Waals surface area contributed by atoms with Gasteiger partial charge in [-0.2, -0.15) is 15.0 Å². The second kappa shape index (κ2) is 7.76. The first-order valence-electron chi connectivity index (χ1n) is 8.78. The van der Waals surface area contributed by atoms with Crippen molar-refractivity contribution in [3.63, 3.8) is 0 Å². The van der Waals surface area contributed by atoms with Crippen LogP contribution in [0.5, 0.6) is 5.75 Å². The number of phenolic OH excluding ortho intramolecular Hbond substituents is 1. The van der Waals surface area contributed by atoms with E-state index in [4.69, 9.17) is 0 Å². The van der Waals surface area contributed by atoms with Gasteiger partial charge in [0.05, 0.1) is 11.8 Å². The largest absolute Gasteiger partial charge is 0.505 e. The van der Waals surface area contributed by atoms with Gasteiger partial charge in [0, 0.05) is 24.8 Å². The van der Waals surface area contributed by atoms with Crippen molar-refractivity contribution in [1.29, 1.82) is 5.26 Å². The van der Waals surface area contributed by atoms with Crippen molar-refractivity contribution in [1.82, 2.24) is 25.1 Å². The highest BCUT2D eigenvalue weighted by atomic mass is 16.3. The molecule has 0 atom stereocenters. The molecule has 4 rings (SSSR count). The monoisotopic (exact) mass is 398 g/mol. The lowest BCUT2D eigenvalue weighted by Gasteiger charge is -2.09. The summed E-state index contributed by atoms with van der Waals surface area (Å²) in [6.45, 7) is 0. The maximum Gasteiger partial charge on any atom is 0.254 e. The number of azo groups is 1. The minimum Gasteiger partial charge on any atom is -0.505 e. The third kappa shape index (κ3) is 3.20. The van der Waals surface area contributed by atoms with E-state index >= 15 is 0 Å². The van der Waals surface area contributed by atoms with Crippen molar-refractivity contribution < 1.29 is 9.90 Å². The van der Waals surface area contributed by atoms with Crippen LogP contribution in [0.1, 0.15) is 15.9 Å². The zero-order valence-electron chi connectivity index (χ0n) is 15.7. The molecule has 4 aromatic rings. The van der Waals surface area contributed by atoms with E-state index in [0.29, 0.717) is 10.8 Å². The van der Waals surface area contributed by atoms with Gasteiger partial charge in [-0.25, -0.2) is 9.97 Å². The summed E-state index contributed by atoms with van der Waals surface area (Å²) in [4.78, 5) is 20.4. The molecular formula is C20H14N8O2. The number of rotatable bonds is 4. The van der Waals surface area contributed by atoms with Gasteiger partial charge in [0.2, 0.25) is 0 Å². The molecule has 0 aliphatic heterocycles. The summed E-state index contributed by atoms with van der Waals surface area (Å²) in [5.41, 5.74) is 0.306. The molecule has 1 amide bonds. The van der Waals surface area contributed by atoms with Crippen LogP contribution in [0.25, 0.3) is 16.7 Å². The van der Waals surface area contributed by atoms with Gasteiger partial charge in [-0.05, 0) is 17.5 Å². The van der Waals surface area contributed by atoms with E-state index in [1.165, 1.54) is 30.3 Å². The molecule has 2 heterocycles. The zero-order valence-corrected chi connectivity index (χ0v) is 15.7. The number of phenols is 1. The van der Waals surface area contributed by atoms with E-state index in [1.807, 2.05) is 12.1 Å². The maximum absolute atomic E-state index is 12.2. The van der Waals surface area contributed by atoms with Gasteiger partial charge < -0.3 is 10.4 Å². The molecule has 0 saturated heterocycles. The highest BCUT2D eigenvalue weighted by Gasteiger charge is 2.19. The molecule has 2 aromatic carbocycles. The van der Waals surface area contributed by atoms with Crippen LogP contribution in [-0.2, 0) is 0 Å². The molecule has 0 spiro atoms. The summed E-state index contributed by atoms with van der Waals surface area (Å²) in [6.07, 6.45) is 4.38. The quantitative estimate of drug-likeness (QED) is 0.506. The van der Waals surface area contributed by atoms with Gasteiger partial charge in [0.25, 0.3) is 11.9 Å². The maximum atomic E-state index is 12.2. The topological polar surface area (TPSA) is 141 Å². The average molecular weight is 398 g/mol. The molecule has 0 saturated carbocycles. The van der Waals surface area contributed by atoms with E-state index < -0.39 is 5.91 Å². The van der Waals surface area contributed by atoms with E-state index in [2.05, 4.69) is 30.6 Å². The molecule has 0 aliphatic rings. The molecule has 0 fully saturated rings. The zero-order chi connectivity index (χ0) is 21.1. The Balaban J connectivity index is 1.90. The molecule has 10 nitrogen and oxygen atoms in total. The van der Waals surface area contributed by atoms with E-state index in [0.717, 1.165) is 0 Å². The first-order chi connectivity index (χ1) is 14.6. The fourth-order valence-electron chi connectivity index (χ4n) is 2.89. The van der Waals surface area contributed by atoms with Crippen molar-refractivity contribution in [3.05, 3.63) is 66.1 Å². The fraction of sp³-hybridized carbons (Fsp3) is 0.0500. The molecule has 0 radical (unpaired) electrons. The van der Waals surface area contributed by atoms with Crippen molar-refractivity contribution in [2.24, 2.45) is 10.2 Å². The number of amides is 1. The Labute approximate surface area is 170 Å². The van der Waals surface area contributed by atoms with Crippen molar-refractivity contribution >= 4 is 28.2 Å². The van der Waals surface area contributed by atoms with Crippen LogP contribution in [0, 0.1) is 11.3 Å². The van der Waals surface area contributed by atoms with Crippen molar-refractivity contribution in [3.8, 4) is 17.8 Å². The predicted molar refractivity (Wildman–Crippen MR) is 107 cm³/mol. The Kier molecular flexibility index (Phi) is 4.84. The van der Waals surface area contributed by atoms with Crippen LogP contribution in [0.4, 0.5) is 11.5 Å². The second-order valence-electron chi connectivity index (χ2n) is 6.08. The lowest BCUT2D eigenvalue weighted by molar-refractivity contribution is 0.0960. The van der Waals surface area contributed by atoms with Gasteiger partial charge in [-0.15, -0.1) is 10.2 Å². The van der Waals surface area contributed by atoms with E-state index in [1.54, 1.807) is 30.3 Å². The average Bonchev–Trinajstić information content (AvgIpc) is 3.21. The van der Waals surface area contributed by atoms with Crippen LogP contribution in [0.3, 0.4) is 0 Å². The Bertz CT molecular complexity index is 1320. The highest BCUT2D eigenvalue weighted by Crippen LogP contribution is 2.39. The minimum absolute atomic E-state index is 0.0607. The van der Waals surface area contributed by atoms with Gasteiger partial charge in [0.15, 0.2) is 11.6 Å². The van der Waals surface area contributed by atoms with Crippen LogP contribution >= 0.6 is 0 Å². The smallest absolute Gasteiger partial charge is 0.254 e. The summed E-state index contributed by atoms with van der Waals surface area (Å²) in [7, 11) is 1.47. The standard InChI is InChI=1S/C20H14N8O2/c1-22-19(30)15-9-12-5-2-3-6-14(12)16(17(15)29)26-27-18-13(10-21)11-25-28(18)20-23-7-4-8-24-20/h2-9,11,29H,1H3,(H,22,30)/b27-26+. The van der Waals surface area contributed by atoms with Crippen LogP contribution in [0.15, 0.2) is 65.2 Å². The summed E-state index contributed by atoms with van der Waals surface area (Å²) < 4.78 is 1.27. The first kappa shape index (κ1) is 18.7. The minimum atomic E-state index is -0.463. The Morgan fingerprint density at radius 1 is 1.20 bits per heavy atom. The third-order valence-corrected chi connectivity index (χ3v) is 4.32. The second-order valence-corrected chi connectivity index (χ2v) is 6.08. The molecule has 0 unspecified atom stereocenters. The normalized spacial score (nSPS) is 10.9. The number of nitrogens with zero attached hydrogens (tertiary/aromatic N) is 7. The summed E-state index contributed by atoms with van der Waals surface area (Å²) >= 11 is 0. The van der Waals surface area contributed by atoms with Crippen LogP contribution in [0.2, 0.25) is 0 Å². The van der Waals surface area contributed by atoms with E-state index in [-0.39, 0.29) is 34.3 Å². The van der Waals surface area contributed by atoms with E-state index in [9.17, 15) is 15.2 Å². The summed E-state index contributed by atoms with van der Waals surface area (Å²) in [5, 5.41) is 36.3. The third-order valence-electron chi connectivity index (χ3n) is 4.32. The Morgan fingerprint density at radius 2 is 1.97 bits per heavy atom. The van der Waals surface area contributed by atoms with Gasteiger partial charge in [-0.3, -0.25) is 4.79 Å². The molecule has 2 aromatic heterocycles. The number of carbonyl (C=O) groups is 1. The van der Waals surface area contributed by atoms with Gasteiger partial charge in [-0.1, -0.05) is 24.3 Å². The number of nitriles is 1. The number of hydrogen-bond donors (Lipinski definition) is 2. The lowest BCUT2D eigenvalue weighted by atomic mass is 10.0.